The summed E-state index contributed by atoms with van der Waals surface area (Å²) in [7, 11) is -3.62. The normalized spacial score (nSPS) is 18.8. The van der Waals surface area contributed by atoms with Gasteiger partial charge < -0.3 is 10.1 Å². The van der Waals surface area contributed by atoms with Crippen molar-refractivity contribution in [1.82, 2.24) is 14.1 Å². The molecule has 4 rings (SSSR count). The standard InChI is InChI=1S/C24H32N4O4S/c1-20-7-8-22(17-23(20)33(30,31)28-13-15-32-16-14-28)25-24(29)19-27-11-9-26(10-12-27)18-21-5-3-2-4-6-21/h2-8,17H,9-16,18-19H2,1H3,(H,25,29). The van der Waals surface area contributed by atoms with Crippen molar-refractivity contribution >= 4 is 21.6 Å². The second-order valence-electron chi connectivity index (χ2n) is 8.58. The Morgan fingerprint density at radius 2 is 1.61 bits per heavy atom. The number of rotatable bonds is 7. The molecule has 0 saturated carbocycles. The van der Waals surface area contributed by atoms with E-state index in [0.29, 0.717) is 44.1 Å². The number of nitrogens with one attached hydrogen (secondary N) is 1. The lowest BCUT2D eigenvalue weighted by molar-refractivity contribution is -0.117. The molecule has 0 radical (unpaired) electrons. The third-order valence-corrected chi connectivity index (χ3v) is 8.18. The van der Waals surface area contributed by atoms with Gasteiger partial charge in [-0.3, -0.25) is 14.6 Å². The predicted molar refractivity (Wildman–Crippen MR) is 128 cm³/mol. The number of carbonyl (C=O) groups excluding carboxylic acids is 1. The molecule has 0 aromatic heterocycles. The van der Waals surface area contributed by atoms with Crippen LogP contribution in [0.25, 0.3) is 0 Å². The number of aryl methyl sites for hydroxylation is 1. The Bertz CT molecular complexity index is 1050. The molecule has 1 N–H and O–H groups in total. The molecule has 0 unspecified atom stereocenters. The van der Waals surface area contributed by atoms with E-state index in [1.54, 1.807) is 25.1 Å². The molecule has 0 aliphatic carbocycles. The van der Waals surface area contributed by atoms with Gasteiger partial charge in [-0.25, -0.2) is 8.42 Å². The zero-order valence-corrected chi connectivity index (χ0v) is 19.9. The summed E-state index contributed by atoms with van der Waals surface area (Å²) in [6.07, 6.45) is 0. The Morgan fingerprint density at radius 1 is 0.939 bits per heavy atom. The van der Waals surface area contributed by atoms with Gasteiger partial charge in [0.15, 0.2) is 0 Å². The van der Waals surface area contributed by atoms with Crippen LogP contribution in [-0.2, 0) is 26.1 Å². The van der Waals surface area contributed by atoms with Crippen LogP contribution in [0.15, 0.2) is 53.4 Å². The molecular weight excluding hydrogens is 440 g/mol. The zero-order valence-electron chi connectivity index (χ0n) is 19.1. The van der Waals surface area contributed by atoms with Crippen molar-refractivity contribution in [2.45, 2.75) is 18.4 Å². The monoisotopic (exact) mass is 472 g/mol. The first-order chi connectivity index (χ1) is 15.9. The predicted octanol–water partition coefficient (Wildman–Crippen LogP) is 1.77. The van der Waals surface area contributed by atoms with Crippen LogP contribution in [0.2, 0.25) is 0 Å². The molecule has 2 aromatic carbocycles. The minimum absolute atomic E-state index is 0.134. The number of piperazine rings is 1. The number of hydrogen-bond donors (Lipinski definition) is 1. The van der Waals surface area contributed by atoms with Crippen LogP contribution in [0.1, 0.15) is 11.1 Å². The first-order valence-corrected chi connectivity index (χ1v) is 12.8. The average molecular weight is 473 g/mol. The van der Waals surface area contributed by atoms with E-state index < -0.39 is 10.0 Å². The molecule has 178 valence electrons. The Kier molecular flexibility index (Phi) is 7.77. The molecule has 2 heterocycles. The second kappa shape index (κ2) is 10.8. The van der Waals surface area contributed by atoms with E-state index >= 15 is 0 Å². The molecule has 2 aliphatic rings. The van der Waals surface area contributed by atoms with Crippen molar-refractivity contribution in [1.29, 1.82) is 0 Å². The smallest absolute Gasteiger partial charge is 0.243 e. The van der Waals surface area contributed by atoms with Crippen molar-refractivity contribution in [3.8, 4) is 0 Å². The Labute approximate surface area is 196 Å². The van der Waals surface area contributed by atoms with Crippen molar-refractivity contribution in [2.75, 3.05) is 64.3 Å². The quantitative estimate of drug-likeness (QED) is 0.662. The first-order valence-electron chi connectivity index (χ1n) is 11.4. The number of sulfonamides is 1. The number of anilines is 1. The summed E-state index contributed by atoms with van der Waals surface area (Å²) in [5.74, 6) is -0.134. The van der Waals surface area contributed by atoms with Crippen LogP contribution in [0.3, 0.4) is 0 Å². The average Bonchev–Trinajstić information content (AvgIpc) is 2.83. The topological polar surface area (TPSA) is 82.2 Å². The Morgan fingerprint density at radius 3 is 2.30 bits per heavy atom. The highest BCUT2D eigenvalue weighted by Crippen LogP contribution is 2.24. The molecule has 2 aliphatic heterocycles. The number of carbonyl (C=O) groups is 1. The number of hydrogen-bond acceptors (Lipinski definition) is 6. The molecule has 2 aromatic rings. The van der Waals surface area contributed by atoms with E-state index in [4.69, 9.17) is 4.74 Å². The van der Waals surface area contributed by atoms with E-state index in [1.807, 2.05) is 6.07 Å². The number of morpholine rings is 1. The molecule has 33 heavy (non-hydrogen) atoms. The van der Waals surface area contributed by atoms with Crippen molar-refractivity contribution in [3.63, 3.8) is 0 Å². The van der Waals surface area contributed by atoms with E-state index in [9.17, 15) is 13.2 Å². The summed E-state index contributed by atoms with van der Waals surface area (Å²) < 4.78 is 32.9. The molecule has 8 nitrogen and oxygen atoms in total. The highest BCUT2D eigenvalue weighted by Gasteiger charge is 2.28. The van der Waals surface area contributed by atoms with E-state index in [0.717, 1.165) is 32.7 Å². The third-order valence-electron chi connectivity index (χ3n) is 6.14. The highest BCUT2D eigenvalue weighted by atomic mass is 32.2. The Balaban J connectivity index is 1.31. The van der Waals surface area contributed by atoms with E-state index in [-0.39, 0.29) is 10.8 Å². The summed E-state index contributed by atoms with van der Waals surface area (Å²) in [5.41, 5.74) is 2.46. The maximum absolute atomic E-state index is 13.1. The number of ether oxygens (including phenoxy) is 1. The molecule has 9 heteroatoms. The van der Waals surface area contributed by atoms with Gasteiger partial charge in [0.05, 0.1) is 24.7 Å². The van der Waals surface area contributed by atoms with Gasteiger partial charge in [-0.05, 0) is 30.2 Å². The van der Waals surface area contributed by atoms with Gasteiger partial charge in [0.2, 0.25) is 15.9 Å². The van der Waals surface area contributed by atoms with Crippen LogP contribution in [0.4, 0.5) is 5.69 Å². The number of benzene rings is 2. The van der Waals surface area contributed by atoms with E-state index in [2.05, 4.69) is 39.4 Å². The van der Waals surface area contributed by atoms with E-state index in [1.165, 1.54) is 9.87 Å². The van der Waals surface area contributed by atoms with Gasteiger partial charge in [0, 0.05) is 51.5 Å². The minimum atomic E-state index is -3.62. The van der Waals surface area contributed by atoms with Gasteiger partial charge in [-0.15, -0.1) is 0 Å². The lowest BCUT2D eigenvalue weighted by atomic mass is 10.2. The van der Waals surface area contributed by atoms with Gasteiger partial charge in [0.25, 0.3) is 0 Å². The molecule has 0 atom stereocenters. The largest absolute Gasteiger partial charge is 0.379 e. The van der Waals surface area contributed by atoms with Crippen molar-refractivity contribution in [2.24, 2.45) is 0 Å². The van der Waals surface area contributed by atoms with Crippen LogP contribution in [-0.4, -0.2) is 87.5 Å². The van der Waals surface area contributed by atoms with Crippen LogP contribution >= 0.6 is 0 Å². The zero-order chi connectivity index (χ0) is 23.3. The van der Waals surface area contributed by atoms with Gasteiger partial charge in [-0.1, -0.05) is 36.4 Å². The fourth-order valence-electron chi connectivity index (χ4n) is 4.23. The van der Waals surface area contributed by atoms with Crippen molar-refractivity contribution < 1.29 is 17.9 Å². The lowest BCUT2D eigenvalue weighted by Gasteiger charge is -2.34. The summed E-state index contributed by atoms with van der Waals surface area (Å²) in [6.45, 7) is 7.93. The molecule has 2 fully saturated rings. The fraction of sp³-hybridized carbons (Fsp3) is 0.458. The number of amides is 1. The number of nitrogens with zero attached hydrogens (tertiary/aromatic N) is 3. The van der Waals surface area contributed by atoms with Crippen LogP contribution in [0.5, 0.6) is 0 Å². The van der Waals surface area contributed by atoms with Crippen molar-refractivity contribution in [3.05, 3.63) is 59.7 Å². The third kappa shape index (κ3) is 6.18. The fourth-order valence-corrected chi connectivity index (χ4v) is 5.89. The summed E-state index contributed by atoms with van der Waals surface area (Å²) in [5, 5.41) is 2.88. The second-order valence-corrected chi connectivity index (χ2v) is 10.5. The van der Waals surface area contributed by atoms with Gasteiger partial charge >= 0.3 is 0 Å². The molecular formula is C24H32N4O4S. The maximum atomic E-state index is 13.1. The molecule has 2 saturated heterocycles. The molecule has 1 amide bonds. The summed E-state index contributed by atoms with van der Waals surface area (Å²) in [6, 6.07) is 15.5. The molecule has 0 spiro atoms. The van der Waals surface area contributed by atoms with Gasteiger partial charge in [-0.2, -0.15) is 4.31 Å². The molecule has 0 bridgehead atoms. The minimum Gasteiger partial charge on any atom is -0.379 e. The Hall–Kier alpha value is -2.30. The highest BCUT2D eigenvalue weighted by molar-refractivity contribution is 7.89. The maximum Gasteiger partial charge on any atom is 0.243 e. The van der Waals surface area contributed by atoms with Crippen LogP contribution in [0, 0.1) is 6.92 Å². The van der Waals surface area contributed by atoms with Crippen LogP contribution < -0.4 is 5.32 Å². The summed E-state index contributed by atoms with van der Waals surface area (Å²) >= 11 is 0. The van der Waals surface area contributed by atoms with Gasteiger partial charge in [0.1, 0.15) is 0 Å². The summed E-state index contributed by atoms with van der Waals surface area (Å²) in [4.78, 5) is 17.4. The SMILES string of the molecule is Cc1ccc(NC(=O)CN2CCN(Cc3ccccc3)CC2)cc1S(=O)(=O)N1CCOCC1. The first kappa shape index (κ1) is 23.8. The lowest BCUT2D eigenvalue weighted by Crippen LogP contribution is -2.48.